The van der Waals surface area contributed by atoms with Gasteiger partial charge in [0.2, 0.25) is 5.91 Å². The second-order valence-electron chi connectivity index (χ2n) is 5.72. The number of rotatable bonds is 8. The first-order valence-corrected chi connectivity index (χ1v) is 9.19. The lowest BCUT2D eigenvalue weighted by atomic mass is 10.2. The minimum atomic E-state index is 0.0167. The van der Waals surface area contributed by atoms with Gasteiger partial charge in [0.1, 0.15) is 0 Å². The van der Waals surface area contributed by atoms with E-state index in [0.29, 0.717) is 12.3 Å². The molecule has 0 fully saturated rings. The highest BCUT2D eigenvalue weighted by Gasteiger charge is 2.07. The molecule has 7 heteroatoms. The summed E-state index contributed by atoms with van der Waals surface area (Å²) in [6.45, 7) is 3.48. The van der Waals surface area contributed by atoms with E-state index < -0.39 is 0 Å². The van der Waals surface area contributed by atoms with Gasteiger partial charge in [0.05, 0.1) is 22.5 Å². The van der Waals surface area contributed by atoms with E-state index in [0.717, 1.165) is 34.8 Å². The van der Waals surface area contributed by atoms with Gasteiger partial charge in [-0.05, 0) is 43.2 Å². The topological polar surface area (TPSA) is 82.7 Å². The SMILES string of the molecule is Cc1ccc2nc(SCC(=O)NCCCNc3cccnc3)[nH]c2c1. The van der Waals surface area contributed by atoms with Crippen molar-refractivity contribution < 1.29 is 4.79 Å². The number of anilines is 1. The fraction of sp³-hybridized carbons (Fsp3) is 0.278. The molecular weight excluding hydrogens is 334 g/mol. The molecule has 1 amide bonds. The molecule has 2 heterocycles. The number of pyridine rings is 1. The summed E-state index contributed by atoms with van der Waals surface area (Å²) in [5.41, 5.74) is 4.11. The molecular formula is C18H21N5OS. The molecule has 2 aromatic heterocycles. The third-order valence-corrected chi connectivity index (χ3v) is 4.50. The van der Waals surface area contributed by atoms with Crippen LogP contribution >= 0.6 is 11.8 Å². The van der Waals surface area contributed by atoms with Crippen LogP contribution in [-0.4, -0.2) is 39.7 Å². The van der Waals surface area contributed by atoms with Crippen LogP contribution in [-0.2, 0) is 4.79 Å². The highest BCUT2D eigenvalue weighted by atomic mass is 32.2. The highest BCUT2D eigenvalue weighted by molar-refractivity contribution is 7.99. The number of carbonyl (C=O) groups is 1. The Labute approximate surface area is 150 Å². The fourth-order valence-electron chi connectivity index (χ4n) is 2.37. The Morgan fingerprint density at radius 2 is 2.20 bits per heavy atom. The number of hydrogen-bond acceptors (Lipinski definition) is 5. The van der Waals surface area contributed by atoms with Gasteiger partial charge in [-0.25, -0.2) is 4.98 Å². The van der Waals surface area contributed by atoms with Gasteiger partial charge in [0.25, 0.3) is 0 Å². The number of aromatic amines is 1. The van der Waals surface area contributed by atoms with Crippen LogP contribution in [0.5, 0.6) is 0 Å². The number of aryl methyl sites for hydroxylation is 1. The summed E-state index contributed by atoms with van der Waals surface area (Å²) in [7, 11) is 0. The van der Waals surface area contributed by atoms with E-state index in [2.05, 4.69) is 31.7 Å². The molecule has 3 aromatic rings. The zero-order valence-corrected chi connectivity index (χ0v) is 14.9. The van der Waals surface area contributed by atoms with Crippen LogP contribution in [0.25, 0.3) is 11.0 Å². The number of fused-ring (bicyclic) bond motifs is 1. The number of aromatic nitrogens is 3. The Morgan fingerprint density at radius 1 is 1.28 bits per heavy atom. The quantitative estimate of drug-likeness (QED) is 0.427. The predicted molar refractivity (Wildman–Crippen MR) is 102 cm³/mol. The van der Waals surface area contributed by atoms with E-state index in [4.69, 9.17) is 0 Å². The van der Waals surface area contributed by atoms with Crippen molar-refractivity contribution in [2.45, 2.75) is 18.5 Å². The van der Waals surface area contributed by atoms with Crippen molar-refractivity contribution in [3.8, 4) is 0 Å². The van der Waals surface area contributed by atoms with E-state index in [-0.39, 0.29) is 5.91 Å². The van der Waals surface area contributed by atoms with Crippen molar-refractivity contribution in [3.63, 3.8) is 0 Å². The zero-order valence-electron chi connectivity index (χ0n) is 14.1. The molecule has 3 rings (SSSR count). The Bertz CT molecular complexity index is 834. The Hall–Kier alpha value is -2.54. The number of carbonyl (C=O) groups excluding carboxylic acids is 1. The average molecular weight is 355 g/mol. The number of imidazole rings is 1. The Kier molecular flexibility index (Phi) is 5.90. The van der Waals surface area contributed by atoms with Crippen molar-refractivity contribution in [2.24, 2.45) is 0 Å². The van der Waals surface area contributed by atoms with Crippen molar-refractivity contribution in [1.29, 1.82) is 0 Å². The number of nitrogens with zero attached hydrogens (tertiary/aromatic N) is 2. The molecule has 0 saturated heterocycles. The zero-order chi connectivity index (χ0) is 17.5. The third-order valence-electron chi connectivity index (χ3n) is 3.62. The first kappa shape index (κ1) is 17.3. The maximum absolute atomic E-state index is 11.9. The van der Waals surface area contributed by atoms with E-state index in [1.165, 1.54) is 17.3 Å². The van der Waals surface area contributed by atoms with Gasteiger partial charge in [0.15, 0.2) is 5.16 Å². The van der Waals surface area contributed by atoms with Crippen molar-refractivity contribution >= 4 is 34.4 Å². The van der Waals surface area contributed by atoms with E-state index >= 15 is 0 Å². The van der Waals surface area contributed by atoms with Crippen LogP contribution in [0.15, 0.2) is 47.9 Å². The lowest BCUT2D eigenvalue weighted by Crippen LogP contribution is -2.27. The van der Waals surface area contributed by atoms with Crippen LogP contribution in [0.2, 0.25) is 0 Å². The van der Waals surface area contributed by atoms with Gasteiger partial charge in [-0.1, -0.05) is 17.8 Å². The molecule has 0 spiro atoms. The molecule has 0 aliphatic heterocycles. The summed E-state index contributed by atoms with van der Waals surface area (Å²) in [5, 5.41) is 6.96. The van der Waals surface area contributed by atoms with Gasteiger partial charge >= 0.3 is 0 Å². The van der Waals surface area contributed by atoms with Crippen LogP contribution in [0.1, 0.15) is 12.0 Å². The van der Waals surface area contributed by atoms with Crippen molar-refractivity contribution in [3.05, 3.63) is 48.3 Å². The van der Waals surface area contributed by atoms with Crippen LogP contribution in [0, 0.1) is 6.92 Å². The number of nitrogens with one attached hydrogen (secondary N) is 3. The lowest BCUT2D eigenvalue weighted by molar-refractivity contribution is -0.118. The van der Waals surface area contributed by atoms with Crippen LogP contribution in [0.4, 0.5) is 5.69 Å². The van der Waals surface area contributed by atoms with Crippen LogP contribution in [0.3, 0.4) is 0 Å². The maximum atomic E-state index is 11.9. The van der Waals surface area contributed by atoms with Gasteiger partial charge in [0, 0.05) is 25.5 Å². The van der Waals surface area contributed by atoms with Crippen LogP contribution < -0.4 is 10.6 Å². The van der Waals surface area contributed by atoms with Crippen molar-refractivity contribution in [1.82, 2.24) is 20.3 Å². The molecule has 0 aliphatic rings. The summed E-state index contributed by atoms with van der Waals surface area (Å²) in [4.78, 5) is 23.7. The van der Waals surface area contributed by atoms with Gasteiger partial charge < -0.3 is 15.6 Å². The molecule has 0 saturated carbocycles. The van der Waals surface area contributed by atoms with E-state index in [9.17, 15) is 4.79 Å². The molecule has 0 atom stereocenters. The normalized spacial score (nSPS) is 10.8. The second-order valence-corrected chi connectivity index (χ2v) is 6.69. The summed E-state index contributed by atoms with van der Waals surface area (Å²) >= 11 is 1.42. The number of benzene rings is 1. The number of thioether (sulfide) groups is 1. The summed E-state index contributed by atoms with van der Waals surface area (Å²) < 4.78 is 0. The molecule has 3 N–H and O–H groups in total. The van der Waals surface area contributed by atoms with E-state index in [1.807, 2.05) is 31.2 Å². The smallest absolute Gasteiger partial charge is 0.230 e. The first-order chi connectivity index (χ1) is 12.2. The van der Waals surface area contributed by atoms with Gasteiger partial charge in [-0.2, -0.15) is 0 Å². The molecule has 25 heavy (non-hydrogen) atoms. The average Bonchev–Trinajstić information content (AvgIpc) is 3.02. The third kappa shape index (κ3) is 5.22. The molecule has 6 nitrogen and oxygen atoms in total. The summed E-state index contributed by atoms with van der Waals surface area (Å²) in [5.74, 6) is 0.373. The molecule has 0 unspecified atom stereocenters. The number of amides is 1. The van der Waals surface area contributed by atoms with Crippen molar-refractivity contribution in [2.75, 3.05) is 24.2 Å². The highest BCUT2D eigenvalue weighted by Crippen LogP contribution is 2.20. The maximum Gasteiger partial charge on any atom is 0.230 e. The number of hydrogen-bond donors (Lipinski definition) is 3. The molecule has 0 bridgehead atoms. The standard InChI is InChI=1S/C18H21N5OS/c1-13-5-6-15-16(10-13)23-18(22-15)25-12-17(24)21-9-3-8-20-14-4-2-7-19-11-14/h2,4-7,10-11,20H,3,8-9,12H2,1H3,(H,21,24)(H,22,23). The van der Waals surface area contributed by atoms with E-state index in [1.54, 1.807) is 12.4 Å². The lowest BCUT2D eigenvalue weighted by Gasteiger charge is -2.06. The fourth-order valence-corrected chi connectivity index (χ4v) is 3.08. The minimum absolute atomic E-state index is 0.0167. The predicted octanol–water partition coefficient (Wildman–Crippen LogP) is 2.98. The Morgan fingerprint density at radius 3 is 3.04 bits per heavy atom. The summed E-state index contributed by atoms with van der Waals surface area (Å²) in [6, 6.07) is 9.93. The van der Waals surface area contributed by atoms with Gasteiger partial charge in [-0.3, -0.25) is 9.78 Å². The minimum Gasteiger partial charge on any atom is -0.384 e. The monoisotopic (exact) mass is 355 g/mol. The molecule has 0 radical (unpaired) electrons. The largest absolute Gasteiger partial charge is 0.384 e. The van der Waals surface area contributed by atoms with Gasteiger partial charge in [-0.15, -0.1) is 0 Å². The number of H-pyrrole nitrogens is 1. The summed E-state index contributed by atoms with van der Waals surface area (Å²) in [6.07, 6.45) is 4.38. The first-order valence-electron chi connectivity index (χ1n) is 8.20. The molecule has 1 aromatic carbocycles. The molecule has 0 aliphatic carbocycles. The second kappa shape index (κ2) is 8.53. The molecule has 130 valence electrons. The Balaban J connectivity index is 1.34.